The van der Waals surface area contributed by atoms with Crippen LogP contribution in [0, 0.1) is 25.2 Å². The highest BCUT2D eigenvalue weighted by Crippen LogP contribution is 2.20. The fourth-order valence-electron chi connectivity index (χ4n) is 2.16. The third-order valence-electron chi connectivity index (χ3n) is 3.67. The van der Waals surface area contributed by atoms with E-state index in [1.807, 2.05) is 52.0 Å². The van der Waals surface area contributed by atoms with Gasteiger partial charge in [0.05, 0.1) is 24.3 Å². The van der Waals surface area contributed by atoms with Gasteiger partial charge >= 0.3 is 0 Å². The van der Waals surface area contributed by atoms with Gasteiger partial charge in [-0.15, -0.1) is 0 Å². The molecule has 148 valence electrons. The second-order valence-electron chi connectivity index (χ2n) is 6.48. The van der Waals surface area contributed by atoms with Gasteiger partial charge in [-0.1, -0.05) is 17.7 Å². The summed E-state index contributed by atoms with van der Waals surface area (Å²) in [7, 11) is 1.52. The van der Waals surface area contributed by atoms with Crippen LogP contribution < -0.4 is 15.4 Å². The van der Waals surface area contributed by atoms with Crippen LogP contribution in [0.5, 0.6) is 5.75 Å². The maximum atomic E-state index is 11.8. The minimum atomic E-state index is -0.275. The number of carbonyl (C=O) groups excluding carboxylic acids is 2. The normalized spacial score (nSPS) is 9.61. The molecule has 0 saturated carbocycles. The lowest BCUT2D eigenvalue weighted by atomic mass is 10.1. The first-order chi connectivity index (χ1) is 13.3. The van der Waals surface area contributed by atoms with E-state index in [0.717, 1.165) is 16.9 Å². The van der Waals surface area contributed by atoms with Crippen LogP contribution in [0.15, 0.2) is 42.5 Å². The number of nitrogens with one attached hydrogen (secondary N) is 2. The van der Waals surface area contributed by atoms with Crippen LogP contribution in [-0.4, -0.2) is 31.5 Å². The highest BCUT2D eigenvalue weighted by molar-refractivity contribution is 5.96. The number of benzene rings is 2. The lowest BCUT2D eigenvalue weighted by Crippen LogP contribution is -2.35. The third-order valence-corrected chi connectivity index (χ3v) is 3.67. The van der Waals surface area contributed by atoms with Gasteiger partial charge in [0.15, 0.2) is 0 Å². The zero-order valence-corrected chi connectivity index (χ0v) is 17.0. The molecule has 0 spiro atoms. The SMILES string of the molecule is CNC(=O)CNC(=O)c1ccc(OC(C)C)c(C)c1.Cc1ccc(C#N)cc1. The standard InChI is InChI=1S/C14H20N2O3.C8H7N/c1-9(2)19-12-6-5-11(7-10(12)3)14(18)16-8-13(17)15-4;1-7-2-4-8(6-9)5-3-7/h5-7,9H,8H2,1-4H3,(H,15,17)(H,16,18);2-5H,1H3. The van der Waals surface area contributed by atoms with Gasteiger partial charge in [-0.05, 0) is 63.6 Å². The molecular formula is C22H27N3O3. The Bertz CT molecular complexity index is 837. The molecule has 0 saturated heterocycles. The molecule has 2 amide bonds. The molecular weight excluding hydrogens is 354 g/mol. The number of carbonyl (C=O) groups is 2. The predicted molar refractivity (Wildman–Crippen MR) is 109 cm³/mol. The van der Waals surface area contributed by atoms with E-state index in [2.05, 4.69) is 16.7 Å². The first-order valence-electron chi connectivity index (χ1n) is 8.99. The zero-order chi connectivity index (χ0) is 21.1. The molecule has 0 aliphatic heterocycles. The Labute approximate surface area is 166 Å². The first kappa shape index (κ1) is 22.7. The van der Waals surface area contributed by atoms with E-state index >= 15 is 0 Å². The van der Waals surface area contributed by atoms with Crippen molar-refractivity contribution in [2.24, 2.45) is 0 Å². The number of aryl methyl sites for hydroxylation is 2. The Morgan fingerprint density at radius 2 is 1.75 bits per heavy atom. The summed E-state index contributed by atoms with van der Waals surface area (Å²) in [5.74, 6) is 0.255. The number of ether oxygens (including phenoxy) is 1. The summed E-state index contributed by atoms with van der Waals surface area (Å²) in [4.78, 5) is 22.9. The summed E-state index contributed by atoms with van der Waals surface area (Å²) in [5.41, 5.74) is 3.31. The molecule has 0 aliphatic rings. The van der Waals surface area contributed by atoms with Crippen LogP contribution in [0.3, 0.4) is 0 Å². The van der Waals surface area contributed by atoms with Crippen LogP contribution in [-0.2, 0) is 4.79 Å². The van der Waals surface area contributed by atoms with Gasteiger partial charge in [-0.25, -0.2) is 0 Å². The van der Waals surface area contributed by atoms with Gasteiger partial charge in [0.25, 0.3) is 5.91 Å². The average Bonchev–Trinajstić information content (AvgIpc) is 2.68. The van der Waals surface area contributed by atoms with Crippen molar-refractivity contribution in [1.82, 2.24) is 10.6 Å². The lowest BCUT2D eigenvalue weighted by Gasteiger charge is -2.13. The molecule has 0 aliphatic carbocycles. The van der Waals surface area contributed by atoms with Crippen molar-refractivity contribution in [3.63, 3.8) is 0 Å². The highest BCUT2D eigenvalue weighted by atomic mass is 16.5. The van der Waals surface area contributed by atoms with Crippen LogP contribution in [0.1, 0.15) is 40.9 Å². The van der Waals surface area contributed by atoms with Gasteiger partial charge in [-0.3, -0.25) is 9.59 Å². The van der Waals surface area contributed by atoms with Crippen molar-refractivity contribution in [3.8, 4) is 11.8 Å². The zero-order valence-electron chi connectivity index (χ0n) is 17.0. The maximum absolute atomic E-state index is 11.8. The summed E-state index contributed by atoms with van der Waals surface area (Å²) in [6.07, 6.45) is 0.0895. The molecule has 2 rings (SSSR count). The Morgan fingerprint density at radius 1 is 1.11 bits per heavy atom. The van der Waals surface area contributed by atoms with Crippen LogP contribution in [0.2, 0.25) is 0 Å². The van der Waals surface area contributed by atoms with E-state index in [0.29, 0.717) is 5.56 Å². The van der Waals surface area contributed by atoms with Gasteiger partial charge < -0.3 is 15.4 Å². The molecule has 0 unspecified atom stereocenters. The average molecular weight is 381 g/mol. The third kappa shape index (κ3) is 7.92. The maximum Gasteiger partial charge on any atom is 0.251 e. The summed E-state index contributed by atoms with van der Waals surface area (Å²) in [6.45, 7) is 7.75. The van der Waals surface area contributed by atoms with Crippen molar-refractivity contribution < 1.29 is 14.3 Å². The summed E-state index contributed by atoms with van der Waals surface area (Å²) < 4.78 is 5.60. The van der Waals surface area contributed by atoms with Crippen molar-refractivity contribution in [3.05, 3.63) is 64.7 Å². The van der Waals surface area contributed by atoms with E-state index in [1.54, 1.807) is 18.2 Å². The number of nitrogens with zero attached hydrogens (tertiary/aromatic N) is 1. The molecule has 0 bridgehead atoms. The summed E-state index contributed by atoms with van der Waals surface area (Å²) in [5, 5.41) is 13.4. The number of hydrogen-bond acceptors (Lipinski definition) is 4. The first-order valence-corrected chi connectivity index (χ1v) is 8.99. The highest BCUT2D eigenvalue weighted by Gasteiger charge is 2.10. The topological polar surface area (TPSA) is 91.2 Å². The lowest BCUT2D eigenvalue weighted by molar-refractivity contribution is -0.119. The second-order valence-corrected chi connectivity index (χ2v) is 6.48. The molecule has 0 radical (unpaired) electrons. The Kier molecular flexibility index (Phi) is 9.24. The van der Waals surface area contributed by atoms with Crippen LogP contribution in [0.25, 0.3) is 0 Å². The van der Waals surface area contributed by atoms with E-state index in [-0.39, 0.29) is 24.5 Å². The van der Waals surface area contributed by atoms with Gasteiger partial charge in [0, 0.05) is 12.6 Å². The quantitative estimate of drug-likeness (QED) is 0.832. The fraction of sp³-hybridized carbons (Fsp3) is 0.318. The smallest absolute Gasteiger partial charge is 0.251 e. The van der Waals surface area contributed by atoms with Crippen LogP contribution in [0.4, 0.5) is 0 Å². The number of amides is 2. The fourth-order valence-corrected chi connectivity index (χ4v) is 2.16. The largest absolute Gasteiger partial charge is 0.491 e. The van der Waals surface area contributed by atoms with Gasteiger partial charge in [0.1, 0.15) is 5.75 Å². The monoisotopic (exact) mass is 381 g/mol. The minimum absolute atomic E-state index is 0.0291. The van der Waals surface area contributed by atoms with E-state index in [1.165, 1.54) is 12.6 Å². The summed E-state index contributed by atoms with van der Waals surface area (Å²) in [6, 6.07) is 14.7. The van der Waals surface area contributed by atoms with E-state index in [9.17, 15) is 9.59 Å². The van der Waals surface area contributed by atoms with Crippen LogP contribution >= 0.6 is 0 Å². The van der Waals surface area contributed by atoms with Crippen molar-refractivity contribution in [2.45, 2.75) is 33.8 Å². The molecule has 2 N–H and O–H groups in total. The predicted octanol–water partition coefficient (Wildman–Crippen LogP) is 3.12. The number of hydrogen-bond donors (Lipinski definition) is 2. The molecule has 28 heavy (non-hydrogen) atoms. The molecule has 0 aromatic heterocycles. The molecule has 0 heterocycles. The number of rotatable bonds is 5. The van der Waals surface area contributed by atoms with E-state index < -0.39 is 0 Å². The molecule has 0 fully saturated rings. The summed E-state index contributed by atoms with van der Waals surface area (Å²) >= 11 is 0. The Morgan fingerprint density at radius 3 is 2.25 bits per heavy atom. The second kappa shape index (κ2) is 11.4. The van der Waals surface area contributed by atoms with Gasteiger partial charge in [0.2, 0.25) is 5.91 Å². The molecule has 2 aromatic rings. The minimum Gasteiger partial charge on any atom is -0.491 e. The Balaban J connectivity index is 0.000000362. The Hall–Kier alpha value is -3.33. The van der Waals surface area contributed by atoms with Gasteiger partial charge in [-0.2, -0.15) is 5.26 Å². The van der Waals surface area contributed by atoms with Crippen molar-refractivity contribution in [2.75, 3.05) is 13.6 Å². The molecule has 0 atom stereocenters. The molecule has 2 aromatic carbocycles. The van der Waals surface area contributed by atoms with Crippen molar-refractivity contribution in [1.29, 1.82) is 5.26 Å². The molecule has 6 nitrogen and oxygen atoms in total. The molecule has 6 heteroatoms. The van der Waals surface area contributed by atoms with E-state index in [4.69, 9.17) is 10.00 Å². The number of nitriles is 1. The van der Waals surface area contributed by atoms with Crippen molar-refractivity contribution >= 4 is 11.8 Å². The number of likely N-dealkylation sites (N-methyl/N-ethyl adjacent to an activating group) is 1.